The first kappa shape index (κ1) is 9.90. The smallest absolute Gasteiger partial charge is 0.160 e. The lowest BCUT2D eigenvalue weighted by molar-refractivity contribution is -0.118. The summed E-state index contributed by atoms with van der Waals surface area (Å²) in [6.07, 6.45) is 2.62. The van der Waals surface area contributed by atoms with Crippen molar-refractivity contribution in [3.8, 4) is 0 Å². The number of rotatable bonds is 0. The molecule has 1 aliphatic carbocycles. The molecule has 2 rings (SSSR count). The minimum atomic E-state index is -3.15. The zero-order chi connectivity index (χ0) is 10.3. The fraction of sp³-hybridized carbons (Fsp3) is 0.700. The lowest BCUT2D eigenvalue weighted by Crippen LogP contribution is -2.42. The van der Waals surface area contributed by atoms with Crippen LogP contribution in [0.25, 0.3) is 0 Å². The molecule has 4 heteroatoms. The van der Waals surface area contributed by atoms with Gasteiger partial charge in [-0.3, -0.25) is 4.79 Å². The molecule has 1 heterocycles. The number of hydrogen-bond acceptors (Lipinski definition) is 3. The minimum Gasteiger partial charge on any atom is -0.299 e. The second-order valence-corrected chi connectivity index (χ2v) is 6.56. The summed E-state index contributed by atoms with van der Waals surface area (Å²) in [6.45, 7) is 3.87. The lowest BCUT2D eigenvalue weighted by Gasteiger charge is -2.35. The van der Waals surface area contributed by atoms with Crippen molar-refractivity contribution in [1.82, 2.24) is 0 Å². The summed E-state index contributed by atoms with van der Waals surface area (Å²) < 4.78 is 23.4. The van der Waals surface area contributed by atoms with Crippen molar-refractivity contribution in [2.24, 2.45) is 5.92 Å². The molecule has 1 aliphatic heterocycles. The Bertz CT molecular complexity index is 378. The van der Waals surface area contributed by atoms with Crippen molar-refractivity contribution >= 4 is 15.6 Å². The molecule has 0 bridgehead atoms. The van der Waals surface area contributed by atoms with Crippen molar-refractivity contribution in [1.29, 1.82) is 0 Å². The SMILES string of the molecule is C=C1CCC2C(C1)CC(=O)CS2(=O)=O. The van der Waals surface area contributed by atoms with E-state index in [0.29, 0.717) is 12.8 Å². The van der Waals surface area contributed by atoms with Crippen LogP contribution in [0.15, 0.2) is 12.2 Å². The molecule has 0 aromatic carbocycles. The van der Waals surface area contributed by atoms with Crippen molar-refractivity contribution in [2.45, 2.75) is 30.9 Å². The third-order valence-corrected chi connectivity index (χ3v) is 5.44. The lowest BCUT2D eigenvalue weighted by atomic mass is 9.82. The average Bonchev–Trinajstić information content (AvgIpc) is 2.00. The summed E-state index contributed by atoms with van der Waals surface area (Å²) >= 11 is 0. The van der Waals surface area contributed by atoms with E-state index in [4.69, 9.17) is 0 Å². The van der Waals surface area contributed by atoms with Crippen LogP contribution >= 0.6 is 0 Å². The standard InChI is InChI=1S/C10H14O3S/c1-7-2-3-10-8(4-7)5-9(11)6-14(10,12)13/h8,10H,1-6H2. The van der Waals surface area contributed by atoms with Crippen LogP contribution < -0.4 is 0 Å². The number of Topliss-reactive ketones (excluding diaryl/α,β-unsaturated/α-hetero) is 1. The van der Waals surface area contributed by atoms with E-state index in [1.165, 1.54) is 0 Å². The Kier molecular flexibility index (Phi) is 2.26. The Morgan fingerprint density at radius 1 is 1.29 bits per heavy atom. The number of sulfone groups is 1. The van der Waals surface area contributed by atoms with Gasteiger partial charge in [0.1, 0.15) is 11.5 Å². The summed E-state index contributed by atoms with van der Waals surface area (Å²) in [5.74, 6) is -0.343. The molecule has 3 nitrogen and oxygen atoms in total. The number of hydrogen-bond donors (Lipinski definition) is 0. The average molecular weight is 214 g/mol. The van der Waals surface area contributed by atoms with Gasteiger partial charge >= 0.3 is 0 Å². The van der Waals surface area contributed by atoms with E-state index in [9.17, 15) is 13.2 Å². The molecule has 2 atom stereocenters. The van der Waals surface area contributed by atoms with E-state index < -0.39 is 9.84 Å². The molecule has 14 heavy (non-hydrogen) atoms. The van der Waals surface area contributed by atoms with Crippen LogP contribution in [0.1, 0.15) is 25.7 Å². The maximum atomic E-state index is 11.7. The highest BCUT2D eigenvalue weighted by Gasteiger charge is 2.42. The second kappa shape index (κ2) is 3.19. The normalized spacial score (nSPS) is 36.6. The summed E-state index contributed by atoms with van der Waals surface area (Å²) in [5, 5.41) is -0.273. The second-order valence-electron chi connectivity index (χ2n) is 4.34. The van der Waals surface area contributed by atoms with Gasteiger partial charge in [-0.2, -0.15) is 0 Å². The fourth-order valence-corrected chi connectivity index (χ4v) is 4.58. The maximum absolute atomic E-state index is 11.7. The van der Waals surface area contributed by atoms with E-state index in [0.717, 1.165) is 18.4 Å². The largest absolute Gasteiger partial charge is 0.299 e. The highest BCUT2D eigenvalue weighted by Crippen LogP contribution is 2.37. The molecular formula is C10H14O3S. The monoisotopic (exact) mass is 214 g/mol. The first-order valence-corrected chi connectivity index (χ1v) is 6.60. The van der Waals surface area contributed by atoms with Crippen LogP contribution in [-0.4, -0.2) is 25.2 Å². The van der Waals surface area contributed by atoms with Crippen LogP contribution in [0.2, 0.25) is 0 Å². The van der Waals surface area contributed by atoms with Gasteiger partial charge in [-0.05, 0) is 25.2 Å². The van der Waals surface area contributed by atoms with Gasteiger partial charge in [-0.1, -0.05) is 12.2 Å². The number of allylic oxidation sites excluding steroid dienone is 1. The number of carbonyl (C=O) groups is 1. The van der Waals surface area contributed by atoms with Gasteiger partial charge in [-0.15, -0.1) is 0 Å². The fourth-order valence-electron chi connectivity index (χ4n) is 2.55. The molecule has 1 saturated carbocycles. The van der Waals surface area contributed by atoms with Gasteiger partial charge in [-0.25, -0.2) is 8.42 Å². The van der Waals surface area contributed by atoms with Crippen molar-refractivity contribution in [3.63, 3.8) is 0 Å². The van der Waals surface area contributed by atoms with Crippen molar-refractivity contribution in [2.75, 3.05) is 5.75 Å². The van der Waals surface area contributed by atoms with E-state index >= 15 is 0 Å². The molecule has 2 unspecified atom stereocenters. The molecule has 0 aromatic heterocycles. The van der Waals surface area contributed by atoms with Gasteiger partial charge in [0.2, 0.25) is 0 Å². The van der Waals surface area contributed by atoms with Crippen LogP contribution in [0, 0.1) is 5.92 Å². The first-order chi connectivity index (χ1) is 6.49. The molecule has 78 valence electrons. The number of fused-ring (bicyclic) bond motifs is 1. The van der Waals surface area contributed by atoms with Gasteiger partial charge in [0.05, 0.1) is 5.25 Å². The van der Waals surface area contributed by atoms with Crippen LogP contribution in [-0.2, 0) is 14.6 Å². The Labute approximate surface area is 84.1 Å². The van der Waals surface area contributed by atoms with Crippen LogP contribution in [0.3, 0.4) is 0 Å². The molecule has 0 aromatic rings. The predicted octanol–water partition coefficient (Wildman–Crippen LogP) is 1.10. The van der Waals surface area contributed by atoms with Gasteiger partial charge in [0.15, 0.2) is 9.84 Å². The summed E-state index contributed by atoms with van der Waals surface area (Å²) in [7, 11) is -3.15. The molecular weight excluding hydrogens is 200 g/mol. The van der Waals surface area contributed by atoms with Gasteiger partial charge in [0.25, 0.3) is 0 Å². The maximum Gasteiger partial charge on any atom is 0.160 e. The van der Waals surface area contributed by atoms with E-state index in [1.54, 1.807) is 0 Å². The molecule has 2 aliphatic rings. The van der Waals surface area contributed by atoms with Crippen LogP contribution in [0.5, 0.6) is 0 Å². The topological polar surface area (TPSA) is 51.2 Å². The zero-order valence-corrected chi connectivity index (χ0v) is 8.85. The highest BCUT2D eigenvalue weighted by atomic mass is 32.2. The predicted molar refractivity (Wildman–Crippen MR) is 53.7 cm³/mol. The third-order valence-electron chi connectivity index (χ3n) is 3.17. The van der Waals surface area contributed by atoms with Crippen LogP contribution in [0.4, 0.5) is 0 Å². The highest BCUT2D eigenvalue weighted by molar-refractivity contribution is 7.92. The molecule has 0 N–H and O–H groups in total. The number of ketones is 1. The Balaban J connectivity index is 2.29. The van der Waals surface area contributed by atoms with Gasteiger partial charge < -0.3 is 0 Å². The molecule has 0 amide bonds. The molecule has 2 fully saturated rings. The minimum absolute atomic E-state index is 0.0162. The summed E-state index contributed by atoms with van der Waals surface area (Å²) in [4.78, 5) is 11.2. The van der Waals surface area contributed by atoms with Crippen molar-refractivity contribution < 1.29 is 13.2 Å². The van der Waals surface area contributed by atoms with E-state index in [2.05, 4.69) is 6.58 Å². The molecule has 0 radical (unpaired) electrons. The molecule has 0 spiro atoms. The third kappa shape index (κ3) is 1.63. The zero-order valence-electron chi connectivity index (χ0n) is 8.03. The van der Waals surface area contributed by atoms with E-state index in [-0.39, 0.29) is 22.7 Å². The number of carbonyl (C=O) groups excluding carboxylic acids is 1. The summed E-state index contributed by atoms with van der Waals surface area (Å²) in [6, 6.07) is 0. The Hall–Kier alpha value is -0.640. The Morgan fingerprint density at radius 2 is 2.00 bits per heavy atom. The quantitative estimate of drug-likeness (QED) is 0.567. The van der Waals surface area contributed by atoms with Crippen molar-refractivity contribution in [3.05, 3.63) is 12.2 Å². The first-order valence-electron chi connectivity index (χ1n) is 4.89. The van der Waals surface area contributed by atoms with Gasteiger partial charge in [0, 0.05) is 6.42 Å². The Morgan fingerprint density at radius 3 is 2.71 bits per heavy atom. The molecule has 1 saturated heterocycles. The van der Waals surface area contributed by atoms with E-state index in [1.807, 2.05) is 0 Å². The summed E-state index contributed by atoms with van der Waals surface area (Å²) in [5.41, 5.74) is 1.09.